The molecule has 2 rings (SSSR count). The van der Waals surface area contributed by atoms with Gasteiger partial charge in [-0.05, 0) is 29.8 Å². The Morgan fingerprint density at radius 1 is 1.13 bits per heavy atom. The fraction of sp³-hybridized carbons (Fsp3) is 0.125. The molecule has 23 heavy (non-hydrogen) atoms. The monoisotopic (exact) mass is 338 g/mol. The SMILES string of the molecule is NC(=O)[C@H](Cc1ccc(Cl)cc1)NC(=O)c1cccc(F)c1F. The summed E-state index contributed by atoms with van der Waals surface area (Å²) in [5.41, 5.74) is 5.47. The van der Waals surface area contributed by atoms with E-state index in [1.54, 1.807) is 24.3 Å². The molecule has 0 fully saturated rings. The summed E-state index contributed by atoms with van der Waals surface area (Å²) in [6, 6.07) is 8.75. The van der Waals surface area contributed by atoms with Crippen molar-refractivity contribution in [2.45, 2.75) is 12.5 Å². The molecule has 0 aromatic heterocycles. The normalized spacial score (nSPS) is 11.8. The van der Waals surface area contributed by atoms with E-state index >= 15 is 0 Å². The maximum atomic E-state index is 13.6. The van der Waals surface area contributed by atoms with E-state index in [9.17, 15) is 18.4 Å². The van der Waals surface area contributed by atoms with Gasteiger partial charge in [-0.25, -0.2) is 8.78 Å². The van der Waals surface area contributed by atoms with Gasteiger partial charge in [-0.1, -0.05) is 29.8 Å². The Bertz CT molecular complexity index is 735. The second-order valence-corrected chi connectivity index (χ2v) is 5.30. The van der Waals surface area contributed by atoms with Gasteiger partial charge in [0.05, 0.1) is 5.56 Å². The number of nitrogens with one attached hydrogen (secondary N) is 1. The highest BCUT2D eigenvalue weighted by Crippen LogP contribution is 2.13. The molecule has 2 aromatic carbocycles. The first-order valence-corrected chi connectivity index (χ1v) is 7.05. The maximum Gasteiger partial charge on any atom is 0.255 e. The molecule has 0 saturated carbocycles. The second kappa shape index (κ2) is 7.19. The molecular formula is C16H13ClF2N2O2. The number of primary amides is 1. The molecule has 120 valence electrons. The van der Waals surface area contributed by atoms with Crippen LogP contribution >= 0.6 is 11.6 Å². The topological polar surface area (TPSA) is 72.2 Å². The molecule has 0 unspecified atom stereocenters. The third-order valence-electron chi connectivity index (χ3n) is 3.20. The lowest BCUT2D eigenvalue weighted by atomic mass is 10.0. The molecule has 4 nitrogen and oxygen atoms in total. The first kappa shape index (κ1) is 16.9. The molecule has 2 amide bonds. The van der Waals surface area contributed by atoms with Gasteiger partial charge >= 0.3 is 0 Å². The number of hydrogen-bond donors (Lipinski definition) is 2. The number of hydrogen-bond acceptors (Lipinski definition) is 2. The molecule has 0 aliphatic heterocycles. The summed E-state index contributed by atoms with van der Waals surface area (Å²) in [5.74, 6) is -4.13. The Hall–Kier alpha value is -2.47. The number of rotatable bonds is 5. The molecule has 7 heteroatoms. The van der Waals surface area contributed by atoms with Crippen molar-refractivity contribution in [2.24, 2.45) is 5.73 Å². The molecule has 3 N–H and O–H groups in total. The zero-order valence-corrected chi connectivity index (χ0v) is 12.6. The van der Waals surface area contributed by atoms with Crippen LogP contribution in [0.5, 0.6) is 0 Å². The van der Waals surface area contributed by atoms with Crippen molar-refractivity contribution in [1.29, 1.82) is 0 Å². The highest BCUT2D eigenvalue weighted by atomic mass is 35.5. The summed E-state index contributed by atoms with van der Waals surface area (Å²) in [6.07, 6.45) is 0.106. The maximum absolute atomic E-state index is 13.6. The van der Waals surface area contributed by atoms with Gasteiger partial charge < -0.3 is 11.1 Å². The van der Waals surface area contributed by atoms with Crippen molar-refractivity contribution < 1.29 is 18.4 Å². The summed E-state index contributed by atoms with van der Waals surface area (Å²) in [4.78, 5) is 23.5. The third-order valence-corrected chi connectivity index (χ3v) is 3.45. The fourth-order valence-electron chi connectivity index (χ4n) is 1.99. The molecule has 2 aromatic rings. The fourth-order valence-corrected chi connectivity index (χ4v) is 2.12. The van der Waals surface area contributed by atoms with E-state index in [-0.39, 0.29) is 6.42 Å². The van der Waals surface area contributed by atoms with Crippen LogP contribution in [0.3, 0.4) is 0 Å². The average Bonchev–Trinajstić information content (AvgIpc) is 2.51. The Labute approximate surface area is 136 Å². The van der Waals surface area contributed by atoms with Crippen molar-refractivity contribution in [1.82, 2.24) is 5.32 Å². The van der Waals surface area contributed by atoms with Crippen molar-refractivity contribution in [3.63, 3.8) is 0 Å². The van der Waals surface area contributed by atoms with Crippen LogP contribution in [0.1, 0.15) is 15.9 Å². The number of amides is 2. The van der Waals surface area contributed by atoms with Gasteiger partial charge in [0.2, 0.25) is 5.91 Å². The van der Waals surface area contributed by atoms with Crippen molar-refractivity contribution in [3.05, 3.63) is 70.2 Å². The minimum Gasteiger partial charge on any atom is -0.368 e. The minimum atomic E-state index is -1.28. The third kappa shape index (κ3) is 4.26. The zero-order valence-electron chi connectivity index (χ0n) is 11.9. The van der Waals surface area contributed by atoms with Crippen molar-refractivity contribution in [3.8, 4) is 0 Å². The van der Waals surface area contributed by atoms with Crippen LogP contribution < -0.4 is 11.1 Å². The Morgan fingerprint density at radius 3 is 2.39 bits per heavy atom. The Kier molecular flexibility index (Phi) is 5.28. The number of halogens is 3. The standard InChI is InChI=1S/C16H13ClF2N2O2/c17-10-6-4-9(5-7-10)8-13(15(20)22)21-16(23)11-2-1-3-12(18)14(11)19/h1-7,13H,8H2,(H2,20,22)(H,21,23)/t13-/m0/s1. The van der Waals surface area contributed by atoms with Crippen LogP contribution in [0.15, 0.2) is 42.5 Å². The molecule has 0 saturated heterocycles. The van der Waals surface area contributed by atoms with E-state index in [0.717, 1.165) is 12.1 Å². The number of benzene rings is 2. The molecule has 0 aliphatic carbocycles. The predicted octanol–water partition coefficient (Wildman–Crippen LogP) is 2.44. The lowest BCUT2D eigenvalue weighted by Gasteiger charge is -2.16. The van der Waals surface area contributed by atoms with E-state index in [1.165, 1.54) is 6.07 Å². The number of nitrogens with two attached hydrogens (primary N) is 1. The summed E-state index contributed by atoms with van der Waals surface area (Å²) in [7, 11) is 0. The Morgan fingerprint density at radius 2 is 1.78 bits per heavy atom. The van der Waals surface area contributed by atoms with Gasteiger partial charge in [0, 0.05) is 11.4 Å². The minimum absolute atomic E-state index is 0.106. The second-order valence-electron chi connectivity index (χ2n) is 4.86. The molecule has 0 spiro atoms. The molecule has 0 heterocycles. The molecular weight excluding hydrogens is 326 g/mol. The first-order valence-electron chi connectivity index (χ1n) is 6.67. The van der Waals surface area contributed by atoms with E-state index < -0.39 is 35.1 Å². The average molecular weight is 339 g/mol. The van der Waals surface area contributed by atoms with Gasteiger partial charge in [-0.2, -0.15) is 0 Å². The summed E-state index contributed by atoms with van der Waals surface area (Å²) >= 11 is 5.77. The molecule has 0 bridgehead atoms. The summed E-state index contributed by atoms with van der Waals surface area (Å²) in [5, 5.41) is 2.83. The predicted molar refractivity (Wildman–Crippen MR) is 82.0 cm³/mol. The van der Waals surface area contributed by atoms with Gasteiger partial charge in [-0.15, -0.1) is 0 Å². The highest BCUT2D eigenvalue weighted by Gasteiger charge is 2.22. The zero-order chi connectivity index (χ0) is 17.0. The van der Waals surface area contributed by atoms with Crippen molar-refractivity contribution >= 4 is 23.4 Å². The quantitative estimate of drug-likeness (QED) is 0.879. The van der Waals surface area contributed by atoms with Crippen LogP contribution in [0.4, 0.5) is 8.78 Å². The molecule has 0 radical (unpaired) electrons. The lowest BCUT2D eigenvalue weighted by molar-refractivity contribution is -0.119. The summed E-state index contributed by atoms with van der Waals surface area (Å²) < 4.78 is 26.8. The smallest absolute Gasteiger partial charge is 0.255 e. The van der Waals surface area contributed by atoms with Gasteiger partial charge in [-0.3, -0.25) is 9.59 Å². The molecule has 0 aliphatic rings. The van der Waals surface area contributed by atoms with Gasteiger partial charge in [0.1, 0.15) is 6.04 Å². The first-order chi connectivity index (χ1) is 10.9. The van der Waals surface area contributed by atoms with E-state index in [0.29, 0.717) is 10.6 Å². The van der Waals surface area contributed by atoms with Crippen LogP contribution in [-0.2, 0) is 11.2 Å². The largest absolute Gasteiger partial charge is 0.368 e. The highest BCUT2D eigenvalue weighted by molar-refractivity contribution is 6.30. The van der Waals surface area contributed by atoms with E-state index in [4.69, 9.17) is 17.3 Å². The number of carbonyl (C=O) groups is 2. The van der Waals surface area contributed by atoms with Crippen molar-refractivity contribution in [2.75, 3.05) is 0 Å². The van der Waals surface area contributed by atoms with Crippen LogP contribution in [0.2, 0.25) is 5.02 Å². The molecule has 1 atom stereocenters. The van der Waals surface area contributed by atoms with E-state index in [2.05, 4.69) is 5.32 Å². The van der Waals surface area contributed by atoms with Crippen LogP contribution in [0, 0.1) is 11.6 Å². The Balaban J connectivity index is 2.16. The van der Waals surface area contributed by atoms with Gasteiger partial charge in [0.15, 0.2) is 11.6 Å². The summed E-state index contributed by atoms with van der Waals surface area (Å²) in [6.45, 7) is 0. The lowest BCUT2D eigenvalue weighted by Crippen LogP contribution is -2.46. The van der Waals surface area contributed by atoms with Crippen LogP contribution in [0.25, 0.3) is 0 Å². The number of carbonyl (C=O) groups excluding carboxylic acids is 2. The van der Waals surface area contributed by atoms with Crippen LogP contribution in [-0.4, -0.2) is 17.9 Å². The van der Waals surface area contributed by atoms with E-state index in [1.807, 2.05) is 0 Å². The van der Waals surface area contributed by atoms with Gasteiger partial charge in [0.25, 0.3) is 5.91 Å².